The molecule has 0 aliphatic heterocycles. The van der Waals surface area contributed by atoms with Crippen LogP contribution in [0.15, 0.2) is 35.3 Å². The molecule has 1 aromatic carbocycles. The van der Waals surface area contributed by atoms with Crippen molar-refractivity contribution in [2.45, 2.75) is 0 Å². The van der Waals surface area contributed by atoms with E-state index >= 15 is 0 Å². The van der Waals surface area contributed by atoms with E-state index in [0.717, 1.165) is 5.39 Å². The lowest BCUT2D eigenvalue weighted by Crippen LogP contribution is -1.79. The van der Waals surface area contributed by atoms with E-state index in [1.165, 1.54) is 12.1 Å². The first-order chi connectivity index (χ1) is 6.81. The molecule has 4 nitrogen and oxygen atoms in total. The SMILES string of the molecule is O=C=Nc1nc2ccccc2cc1O. The second-order valence-corrected chi connectivity index (χ2v) is 2.73. The van der Waals surface area contributed by atoms with Crippen molar-refractivity contribution in [3.8, 4) is 5.75 Å². The Morgan fingerprint density at radius 3 is 2.93 bits per heavy atom. The van der Waals surface area contributed by atoms with Gasteiger partial charge in [-0.2, -0.15) is 0 Å². The molecule has 2 rings (SSSR count). The lowest BCUT2D eigenvalue weighted by atomic mass is 10.2. The second kappa shape index (κ2) is 3.28. The Kier molecular flexibility index (Phi) is 1.97. The van der Waals surface area contributed by atoms with Gasteiger partial charge in [-0.1, -0.05) is 18.2 Å². The van der Waals surface area contributed by atoms with Crippen LogP contribution in [0.3, 0.4) is 0 Å². The number of carbonyl (C=O) groups excluding carboxylic acids is 1. The highest BCUT2D eigenvalue weighted by molar-refractivity contribution is 5.82. The fourth-order valence-corrected chi connectivity index (χ4v) is 1.22. The minimum absolute atomic E-state index is 0.00120. The Bertz CT molecular complexity index is 531. The number of aromatic hydroxyl groups is 1. The summed E-state index contributed by atoms with van der Waals surface area (Å²) in [5, 5.41) is 10.2. The van der Waals surface area contributed by atoms with Gasteiger partial charge in [-0.05, 0) is 12.1 Å². The first kappa shape index (κ1) is 8.41. The zero-order valence-electron chi connectivity index (χ0n) is 7.14. The van der Waals surface area contributed by atoms with Gasteiger partial charge < -0.3 is 5.11 Å². The fourth-order valence-electron chi connectivity index (χ4n) is 1.22. The van der Waals surface area contributed by atoms with Crippen molar-refractivity contribution < 1.29 is 9.90 Å². The summed E-state index contributed by atoms with van der Waals surface area (Å²) in [4.78, 5) is 17.3. The van der Waals surface area contributed by atoms with Crippen molar-refractivity contribution >= 4 is 22.8 Å². The summed E-state index contributed by atoms with van der Waals surface area (Å²) in [6.07, 6.45) is 1.34. The number of isocyanates is 1. The molecule has 2 aromatic rings. The summed E-state index contributed by atoms with van der Waals surface area (Å²) >= 11 is 0. The van der Waals surface area contributed by atoms with Crippen molar-refractivity contribution in [3.05, 3.63) is 30.3 Å². The summed E-state index contributed by atoms with van der Waals surface area (Å²) in [6.45, 7) is 0. The molecule has 0 saturated heterocycles. The second-order valence-electron chi connectivity index (χ2n) is 2.73. The number of benzene rings is 1. The van der Waals surface area contributed by atoms with Crippen molar-refractivity contribution in [1.82, 2.24) is 4.98 Å². The van der Waals surface area contributed by atoms with Gasteiger partial charge in [0.1, 0.15) is 0 Å². The van der Waals surface area contributed by atoms with Crippen LogP contribution >= 0.6 is 0 Å². The topological polar surface area (TPSA) is 62.5 Å². The monoisotopic (exact) mass is 186 g/mol. The van der Waals surface area contributed by atoms with Crippen LogP contribution in [0, 0.1) is 0 Å². The Labute approximate surface area is 79.5 Å². The van der Waals surface area contributed by atoms with Crippen LogP contribution in [0.5, 0.6) is 5.75 Å². The van der Waals surface area contributed by atoms with Crippen LogP contribution < -0.4 is 0 Å². The largest absolute Gasteiger partial charge is 0.504 e. The molecule has 1 heterocycles. The third-order valence-corrected chi connectivity index (χ3v) is 1.84. The Morgan fingerprint density at radius 2 is 2.14 bits per heavy atom. The third-order valence-electron chi connectivity index (χ3n) is 1.84. The molecule has 4 heteroatoms. The van der Waals surface area contributed by atoms with Gasteiger partial charge in [0.2, 0.25) is 11.9 Å². The number of aromatic nitrogens is 1. The Balaban J connectivity index is 2.76. The molecule has 14 heavy (non-hydrogen) atoms. The fraction of sp³-hybridized carbons (Fsp3) is 0. The van der Waals surface area contributed by atoms with E-state index in [1.54, 1.807) is 6.07 Å². The van der Waals surface area contributed by atoms with Crippen LogP contribution in [0.4, 0.5) is 5.82 Å². The van der Waals surface area contributed by atoms with Crippen LogP contribution in [0.2, 0.25) is 0 Å². The summed E-state index contributed by atoms with van der Waals surface area (Å²) in [5.41, 5.74) is 0.680. The highest BCUT2D eigenvalue weighted by atomic mass is 16.3. The molecule has 1 N–H and O–H groups in total. The van der Waals surface area contributed by atoms with E-state index in [2.05, 4.69) is 9.98 Å². The first-order valence-electron chi connectivity index (χ1n) is 3.98. The predicted octanol–water partition coefficient (Wildman–Crippen LogP) is 1.91. The van der Waals surface area contributed by atoms with E-state index in [-0.39, 0.29) is 11.6 Å². The predicted molar refractivity (Wildman–Crippen MR) is 51.2 cm³/mol. The minimum Gasteiger partial charge on any atom is -0.504 e. The molecule has 68 valence electrons. The van der Waals surface area contributed by atoms with Crippen molar-refractivity contribution in [1.29, 1.82) is 0 Å². The molecule has 0 amide bonds. The van der Waals surface area contributed by atoms with Crippen LogP contribution in [0.25, 0.3) is 10.9 Å². The van der Waals surface area contributed by atoms with Gasteiger partial charge in [-0.15, -0.1) is 4.99 Å². The normalized spacial score (nSPS) is 9.71. The molecule has 0 fully saturated rings. The third kappa shape index (κ3) is 1.34. The highest BCUT2D eigenvalue weighted by Gasteiger charge is 2.03. The average molecular weight is 186 g/mol. The molecule has 0 bridgehead atoms. The number of aliphatic imine (C=N–C) groups is 1. The molecule has 1 aromatic heterocycles. The molecular weight excluding hydrogens is 180 g/mol. The Morgan fingerprint density at radius 1 is 1.36 bits per heavy atom. The standard InChI is InChI=1S/C10H6N2O2/c13-6-11-10-9(14)5-7-3-1-2-4-8(7)12-10/h1-5,14H. The maximum Gasteiger partial charge on any atom is 0.242 e. The van der Waals surface area contributed by atoms with Crippen LogP contribution in [0.1, 0.15) is 0 Å². The van der Waals surface area contributed by atoms with Crippen molar-refractivity contribution in [2.75, 3.05) is 0 Å². The highest BCUT2D eigenvalue weighted by Crippen LogP contribution is 2.27. The van der Waals surface area contributed by atoms with Gasteiger partial charge in [0.15, 0.2) is 5.75 Å². The molecule has 0 radical (unpaired) electrons. The Hall–Kier alpha value is -2.19. The zero-order chi connectivity index (χ0) is 9.97. The van der Waals surface area contributed by atoms with Crippen molar-refractivity contribution in [3.63, 3.8) is 0 Å². The van der Waals surface area contributed by atoms with Gasteiger partial charge in [-0.3, -0.25) is 0 Å². The zero-order valence-corrected chi connectivity index (χ0v) is 7.14. The summed E-state index contributed by atoms with van der Waals surface area (Å²) in [7, 11) is 0. The molecule has 0 aliphatic carbocycles. The first-order valence-corrected chi connectivity index (χ1v) is 3.98. The van der Waals surface area contributed by atoms with E-state index in [9.17, 15) is 9.90 Å². The summed E-state index contributed by atoms with van der Waals surface area (Å²) < 4.78 is 0. The maximum absolute atomic E-state index is 10.0. The number of hydrogen-bond donors (Lipinski definition) is 1. The van der Waals surface area contributed by atoms with Gasteiger partial charge in [0.05, 0.1) is 5.52 Å². The maximum atomic E-state index is 10.0. The van der Waals surface area contributed by atoms with Gasteiger partial charge in [0.25, 0.3) is 0 Å². The average Bonchev–Trinajstić information content (AvgIpc) is 2.19. The van der Waals surface area contributed by atoms with Gasteiger partial charge in [-0.25, -0.2) is 9.78 Å². The van der Waals surface area contributed by atoms with Crippen LogP contribution in [-0.4, -0.2) is 16.2 Å². The lowest BCUT2D eigenvalue weighted by molar-refractivity contribution is 0.475. The molecule has 0 aliphatic rings. The van der Waals surface area contributed by atoms with Crippen molar-refractivity contribution in [2.24, 2.45) is 4.99 Å². The number of rotatable bonds is 1. The molecule has 0 spiro atoms. The lowest BCUT2D eigenvalue weighted by Gasteiger charge is -1.99. The van der Waals surface area contributed by atoms with Crippen LogP contribution in [-0.2, 0) is 4.79 Å². The number of nitrogens with zero attached hydrogens (tertiary/aromatic N) is 2. The minimum atomic E-state index is -0.118. The van der Waals surface area contributed by atoms with E-state index in [1.807, 2.05) is 18.2 Å². The summed E-state index contributed by atoms with van der Waals surface area (Å²) in [6, 6.07) is 8.76. The summed E-state index contributed by atoms with van der Waals surface area (Å²) in [5.74, 6) is -0.120. The molecular formula is C10H6N2O2. The smallest absolute Gasteiger partial charge is 0.242 e. The molecule has 0 saturated carbocycles. The van der Waals surface area contributed by atoms with Gasteiger partial charge in [0, 0.05) is 5.39 Å². The van der Waals surface area contributed by atoms with Gasteiger partial charge >= 0.3 is 0 Å². The number of pyridine rings is 1. The molecule has 0 atom stereocenters. The number of fused-ring (bicyclic) bond motifs is 1. The van der Waals surface area contributed by atoms with E-state index < -0.39 is 0 Å². The van der Waals surface area contributed by atoms with E-state index in [4.69, 9.17) is 0 Å². The number of hydrogen-bond acceptors (Lipinski definition) is 4. The molecule has 0 unspecified atom stereocenters. The quantitative estimate of drug-likeness (QED) is 0.546. The van der Waals surface area contributed by atoms with E-state index in [0.29, 0.717) is 5.52 Å². The number of para-hydroxylation sites is 1.